The van der Waals surface area contributed by atoms with Crippen molar-refractivity contribution in [2.24, 2.45) is 5.16 Å². The van der Waals surface area contributed by atoms with Gasteiger partial charge in [0.25, 0.3) is 0 Å². The Labute approximate surface area is 111 Å². The predicted molar refractivity (Wildman–Crippen MR) is 68.6 cm³/mol. The third-order valence-electron chi connectivity index (χ3n) is 2.40. The monoisotopic (exact) mass is 271 g/mol. The molecule has 0 heterocycles. The normalized spacial score (nSPS) is 11.6. The number of ether oxygens (including phenoxy) is 3. The second-order valence-corrected chi connectivity index (χ2v) is 3.78. The fourth-order valence-electron chi connectivity index (χ4n) is 1.42. The summed E-state index contributed by atoms with van der Waals surface area (Å²) in [5, 5.41) is 11.8. The molecule has 0 aliphatic rings. The first-order chi connectivity index (χ1) is 9.19. The van der Waals surface area contributed by atoms with Crippen LogP contribution in [0, 0.1) is 5.82 Å². The highest BCUT2D eigenvalue weighted by atomic mass is 19.1. The van der Waals surface area contributed by atoms with E-state index in [1.54, 1.807) is 14.0 Å². The lowest BCUT2D eigenvalue weighted by Gasteiger charge is -2.11. The Hall–Kier alpha value is -1.66. The minimum atomic E-state index is -0.412. The minimum Gasteiger partial charge on any atom is -0.490 e. The Balaban J connectivity index is 2.54. The molecular formula is C13H18FNO4. The second kappa shape index (κ2) is 8.44. The van der Waals surface area contributed by atoms with Crippen molar-refractivity contribution in [1.29, 1.82) is 0 Å². The van der Waals surface area contributed by atoms with Crippen LogP contribution in [0.4, 0.5) is 4.39 Å². The number of rotatable bonds is 8. The maximum atomic E-state index is 13.2. The fraction of sp³-hybridized carbons (Fsp3) is 0.462. The lowest BCUT2D eigenvalue weighted by Crippen LogP contribution is -2.11. The topological polar surface area (TPSA) is 60.3 Å². The van der Waals surface area contributed by atoms with Crippen molar-refractivity contribution in [2.75, 3.05) is 33.5 Å². The molecule has 0 atom stereocenters. The highest BCUT2D eigenvalue weighted by Gasteiger charge is 2.08. The number of nitrogens with zero attached hydrogens (tertiary/aromatic N) is 1. The van der Waals surface area contributed by atoms with Crippen molar-refractivity contribution < 1.29 is 23.8 Å². The quantitative estimate of drug-likeness (QED) is 0.340. The van der Waals surface area contributed by atoms with Gasteiger partial charge in [-0.2, -0.15) is 0 Å². The molecule has 0 radical (unpaired) electrons. The first kappa shape index (κ1) is 15.4. The van der Waals surface area contributed by atoms with E-state index in [1.165, 1.54) is 18.2 Å². The van der Waals surface area contributed by atoms with Gasteiger partial charge in [0, 0.05) is 18.7 Å². The highest BCUT2D eigenvalue weighted by molar-refractivity contribution is 6.00. The van der Waals surface area contributed by atoms with E-state index in [-0.39, 0.29) is 6.61 Å². The van der Waals surface area contributed by atoms with Gasteiger partial charge in [0.05, 0.1) is 25.5 Å². The molecule has 0 aliphatic heterocycles. The summed E-state index contributed by atoms with van der Waals surface area (Å²) in [6, 6.07) is 4.04. The van der Waals surface area contributed by atoms with Crippen molar-refractivity contribution in [3.63, 3.8) is 0 Å². The molecule has 0 saturated carbocycles. The summed E-state index contributed by atoms with van der Waals surface area (Å²) in [6.45, 7) is 3.25. The highest BCUT2D eigenvalue weighted by Crippen LogP contribution is 2.20. The van der Waals surface area contributed by atoms with Gasteiger partial charge in [-0.3, -0.25) is 0 Å². The van der Waals surface area contributed by atoms with E-state index in [1.807, 2.05) is 0 Å². The van der Waals surface area contributed by atoms with E-state index in [4.69, 9.17) is 19.4 Å². The van der Waals surface area contributed by atoms with Crippen LogP contribution in [0.25, 0.3) is 0 Å². The van der Waals surface area contributed by atoms with Gasteiger partial charge in [-0.25, -0.2) is 4.39 Å². The van der Waals surface area contributed by atoms with Crippen LogP contribution in [0.2, 0.25) is 0 Å². The second-order valence-electron chi connectivity index (χ2n) is 3.78. The van der Waals surface area contributed by atoms with Gasteiger partial charge in [-0.05, 0) is 19.1 Å². The number of benzene rings is 1. The summed E-state index contributed by atoms with van der Waals surface area (Å²) in [6.07, 6.45) is 0. The molecule has 0 amide bonds. The molecule has 0 aromatic heterocycles. The van der Waals surface area contributed by atoms with E-state index >= 15 is 0 Å². The Morgan fingerprint density at radius 2 is 2.00 bits per heavy atom. The average Bonchev–Trinajstić information content (AvgIpc) is 2.42. The van der Waals surface area contributed by atoms with Crippen LogP contribution in [0.1, 0.15) is 12.5 Å². The standard InChI is InChI=1S/C13H18FNO4/c1-10(15-16)12-4-3-11(14)9-13(12)19-8-7-18-6-5-17-2/h3-4,9,16H,5-8H2,1-2H3. The van der Waals surface area contributed by atoms with Gasteiger partial charge in [0.2, 0.25) is 0 Å². The van der Waals surface area contributed by atoms with E-state index in [0.717, 1.165) is 0 Å². The van der Waals surface area contributed by atoms with Crippen molar-refractivity contribution in [3.05, 3.63) is 29.6 Å². The van der Waals surface area contributed by atoms with Crippen LogP contribution in [-0.2, 0) is 9.47 Å². The third kappa shape index (κ3) is 5.23. The summed E-state index contributed by atoms with van der Waals surface area (Å²) in [5.41, 5.74) is 0.899. The number of hydrogen-bond acceptors (Lipinski definition) is 5. The van der Waals surface area contributed by atoms with Crippen molar-refractivity contribution >= 4 is 5.71 Å². The summed E-state index contributed by atoms with van der Waals surface area (Å²) >= 11 is 0. The Kier molecular flexibility index (Phi) is 6.84. The maximum Gasteiger partial charge on any atom is 0.131 e. The van der Waals surface area contributed by atoms with E-state index in [2.05, 4.69) is 5.16 Å². The van der Waals surface area contributed by atoms with Gasteiger partial charge < -0.3 is 19.4 Å². The van der Waals surface area contributed by atoms with Crippen molar-refractivity contribution in [2.45, 2.75) is 6.92 Å². The van der Waals surface area contributed by atoms with Gasteiger partial charge in [-0.1, -0.05) is 5.16 Å². The molecule has 5 nitrogen and oxygen atoms in total. The molecule has 1 rings (SSSR count). The fourth-order valence-corrected chi connectivity index (χ4v) is 1.42. The summed E-state index contributed by atoms with van der Waals surface area (Å²) < 4.78 is 28.6. The number of oxime groups is 1. The average molecular weight is 271 g/mol. The minimum absolute atomic E-state index is 0.277. The molecule has 106 valence electrons. The molecule has 0 unspecified atom stereocenters. The number of halogens is 1. The molecule has 0 spiro atoms. The lowest BCUT2D eigenvalue weighted by molar-refractivity contribution is 0.0543. The lowest BCUT2D eigenvalue weighted by atomic mass is 10.1. The summed E-state index contributed by atoms with van der Waals surface area (Å²) in [4.78, 5) is 0. The SMILES string of the molecule is COCCOCCOc1cc(F)ccc1C(C)=NO. The zero-order valence-corrected chi connectivity index (χ0v) is 11.1. The molecular weight excluding hydrogens is 253 g/mol. The predicted octanol–water partition coefficient (Wildman–Crippen LogP) is 2.07. The Bertz CT molecular complexity index is 423. The molecule has 19 heavy (non-hydrogen) atoms. The summed E-state index contributed by atoms with van der Waals surface area (Å²) in [5.74, 6) is -0.0876. The Morgan fingerprint density at radius 3 is 2.68 bits per heavy atom. The maximum absolute atomic E-state index is 13.2. The molecule has 1 aromatic rings. The zero-order chi connectivity index (χ0) is 14.1. The van der Waals surface area contributed by atoms with Gasteiger partial charge in [0.15, 0.2) is 0 Å². The van der Waals surface area contributed by atoms with Crippen LogP contribution in [0.5, 0.6) is 5.75 Å². The zero-order valence-electron chi connectivity index (χ0n) is 11.1. The van der Waals surface area contributed by atoms with E-state index in [9.17, 15) is 4.39 Å². The first-order valence-corrected chi connectivity index (χ1v) is 5.87. The molecule has 0 fully saturated rings. The van der Waals surface area contributed by atoms with Crippen molar-refractivity contribution in [1.82, 2.24) is 0 Å². The summed E-state index contributed by atoms with van der Waals surface area (Å²) in [7, 11) is 1.59. The van der Waals surface area contributed by atoms with Gasteiger partial charge >= 0.3 is 0 Å². The van der Waals surface area contributed by atoms with Crippen LogP contribution in [0.3, 0.4) is 0 Å². The molecule has 0 bridgehead atoms. The first-order valence-electron chi connectivity index (χ1n) is 5.87. The molecule has 6 heteroatoms. The number of hydrogen-bond donors (Lipinski definition) is 1. The van der Waals surface area contributed by atoms with Crippen molar-refractivity contribution in [3.8, 4) is 5.75 Å². The third-order valence-corrected chi connectivity index (χ3v) is 2.40. The molecule has 1 aromatic carbocycles. The number of methoxy groups -OCH3 is 1. The molecule has 1 N–H and O–H groups in total. The van der Waals surface area contributed by atoms with Gasteiger partial charge in [0.1, 0.15) is 18.2 Å². The largest absolute Gasteiger partial charge is 0.490 e. The molecule has 0 aliphatic carbocycles. The van der Waals surface area contributed by atoms with Crippen LogP contribution < -0.4 is 4.74 Å². The van der Waals surface area contributed by atoms with Crippen LogP contribution in [-0.4, -0.2) is 44.5 Å². The Morgan fingerprint density at radius 1 is 1.26 bits per heavy atom. The van der Waals surface area contributed by atoms with Gasteiger partial charge in [-0.15, -0.1) is 0 Å². The van der Waals surface area contributed by atoms with Crippen LogP contribution >= 0.6 is 0 Å². The molecule has 0 saturated heterocycles. The van der Waals surface area contributed by atoms with E-state index in [0.29, 0.717) is 36.8 Å². The van der Waals surface area contributed by atoms with Crippen LogP contribution in [0.15, 0.2) is 23.4 Å². The van der Waals surface area contributed by atoms with E-state index < -0.39 is 5.82 Å². The smallest absolute Gasteiger partial charge is 0.131 e.